The van der Waals surface area contributed by atoms with Gasteiger partial charge in [0, 0.05) is 12.8 Å². The van der Waals surface area contributed by atoms with Crippen LogP contribution in [0.3, 0.4) is 0 Å². The van der Waals surface area contributed by atoms with Gasteiger partial charge in [-0.1, -0.05) is 44.2 Å². The van der Waals surface area contributed by atoms with Crippen LogP contribution in [0.5, 0.6) is 0 Å². The summed E-state index contributed by atoms with van der Waals surface area (Å²) in [4.78, 5) is 86.6. The number of benzene rings is 1. The van der Waals surface area contributed by atoms with E-state index in [0.29, 0.717) is 32.2 Å². The lowest BCUT2D eigenvalue weighted by Gasteiger charge is -2.25. The third kappa shape index (κ3) is 16.5. The first-order valence-electron chi connectivity index (χ1n) is 15.3. The summed E-state index contributed by atoms with van der Waals surface area (Å²) in [5.74, 6) is -7.53. The first-order chi connectivity index (χ1) is 21.7. The highest BCUT2D eigenvalue weighted by Crippen LogP contribution is 2.09. The standard InChI is InChI=1S/C31H47N5O10/c1-19(2)17-24(31(45)46)36-29(43)22(14-15-26(38)39)34-30(44)23(18-27(40)41)35-28(42)21(12-6-7-16-32)33-25(37)13-8-11-20-9-4-3-5-10-20/h3-5,9-10,19,21-24H,6-8,11-18,32H2,1-2H3,(H,33,37)(H,34,44)(H,35,42)(H,36,43)(H,38,39)(H,40,41)(H,45,46)/t21-,22-,23-,24-/m0/s1. The first-order valence-corrected chi connectivity index (χ1v) is 15.3. The predicted octanol–water partition coefficient (Wildman–Crippen LogP) is 0.548. The van der Waals surface area contributed by atoms with Crippen molar-refractivity contribution in [3.63, 3.8) is 0 Å². The number of nitrogens with two attached hydrogens (primary N) is 1. The van der Waals surface area contributed by atoms with Gasteiger partial charge in [-0.05, 0) is 63.0 Å². The van der Waals surface area contributed by atoms with Crippen LogP contribution in [-0.4, -0.2) is 87.6 Å². The number of carboxylic acid groups (broad SMARTS) is 3. The van der Waals surface area contributed by atoms with Crippen LogP contribution in [0.4, 0.5) is 0 Å². The third-order valence-electron chi connectivity index (χ3n) is 6.92. The normalized spacial score (nSPS) is 13.5. The summed E-state index contributed by atoms with van der Waals surface area (Å²) in [6, 6.07) is 3.83. The van der Waals surface area contributed by atoms with Crippen LogP contribution in [0.2, 0.25) is 0 Å². The van der Waals surface area contributed by atoms with Gasteiger partial charge in [0.2, 0.25) is 23.6 Å². The number of carbonyl (C=O) groups excluding carboxylic acids is 4. The first kappa shape index (κ1) is 39.5. The topological polar surface area (TPSA) is 254 Å². The fourth-order valence-corrected chi connectivity index (χ4v) is 4.56. The van der Waals surface area contributed by atoms with Gasteiger partial charge >= 0.3 is 17.9 Å². The maximum atomic E-state index is 13.3. The molecule has 1 rings (SSSR count). The number of aryl methyl sites for hydroxylation is 1. The molecular formula is C31H47N5O10. The summed E-state index contributed by atoms with van der Waals surface area (Å²) in [5, 5.41) is 37.6. The van der Waals surface area contributed by atoms with E-state index in [1.54, 1.807) is 13.8 Å². The second kappa shape index (κ2) is 21.2. The fourth-order valence-electron chi connectivity index (χ4n) is 4.56. The number of rotatable bonds is 23. The molecular weight excluding hydrogens is 602 g/mol. The molecule has 1 aromatic rings. The van der Waals surface area contributed by atoms with Gasteiger partial charge in [-0.3, -0.25) is 28.8 Å². The van der Waals surface area contributed by atoms with E-state index in [9.17, 15) is 43.8 Å². The fraction of sp³-hybridized carbons (Fsp3) is 0.581. The number of unbranched alkanes of at least 4 members (excludes halogenated alkanes) is 1. The summed E-state index contributed by atoms with van der Waals surface area (Å²) in [6.45, 7) is 3.81. The summed E-state index contributed by atoms with van der Waals surface area (Å²) < 4.78 is 0. The molecule has 0 bridgehead atoms. The van der Waals surface area contributed by atoms with E-state index in [4.69, 9.17) is 10.8 Å². The number of hydrogen-bond acceptors (Lipinski definition) is 8. The van der Waals surface area contributed by atoms with Gasteiger partial charge in [-0.2, -0.15) is 0 Å². The maximum Gasteiger partial charge on any atom is 0.326 e. The highest BCUT2D eigenvalue weighted by Gasteiger charge is 2.32. The zero-order valence-corrected chi connectivity index (χ0v) is 26.3. The van der Waals surface area contributed by atoms with Crippen LogP contribution in [0.25, 0.3) is 0 Å². The number of hydrogen-bond donors (Lipinski definition) is 8. The molecule has 0 unspecified atom stereocenters. The van der Waals surface area contributed by atoms with Crippen LogP contribution >= 0.6 is 0 Å². The Labute approximate surface area is 268 Å². The van der Waals surface area contributed by atoms with Crippen LogP contribution in [-0.2, 0) is 40.0 Å². The Morgan fingerprint density at radius 2 is 1.24 bits per heavy atom. The number of nitrogens with one attached hydrogen (secondary N) is 4. The minimum Gasteiger partial charge on any atom is -0.481 e. The SMILES string of the molecule is CC(C)C[C@H](NC(=O)[C@H](CCC(=O)O)NC(=O)[C@H](CC(=O)O)NC(=O)[C@H](CCCCN)NC(=O)CCCc1ccccc1)C(=O)O. The van der Waals surface area contributed by atoms with Crippen LogP contribution in [0, 0.1) is 5.92 Å². The zero-order valence-electron chi connectivity index (χ0n) is 26.3. The molecule has 0 aliphatic heterocycles. The summed E-state index contributed by atoms with van der Waals surface area (Å²) >= 11 is 0. The van der Waals surface area contributed by atoms with E-state index in [0.717, 1.165) is 5.56 Å². The number of aliphatic carboxylic acids is 3. The summed E-state index contributed by atoms with van der Waals surface area (Å²) in [6.07, 6.45) is 0.573. The molecule has 0 spiro atoms. The van der Waals surface area contributed by atoms with Crippen molar-refractivity contribution < 1.29 is 48.9 Å². The lowest BCUT2D eigenvalue weighted by atomic mass is 10.0. The predicted molar refractivity (Wildman–Crippen MR) is 166 cm³/mol. The molecule has 0 saturated heterocycles. The zero-order chi connectivity index (χ0) is 34.6. The molecule has 0 aliphatic rings. The molecule has 4 atom stereocenters. The Hall–Kier alpha value is -4.53. The van der Waals surface area contributed by atoms with Crippen molar-refractivity contribution in [2.75, 3.05) is 6.54 Å². The minimum absolute atomic E-state index is 0.0574. The van der Waals surface area contributed by atoms with E-state index in [-0.39, 0.29) is 25.2 Å². The van der Waals surface area contributed by atoms with Gasteiger partial charge in [0.1, 0.15) is 24.2 Å². The Kier molecular flexibility index (Phi) is 18.2. The van der Waals surface area contributed by atoms with Crippen molar-refractivity contribution in [3.05, 3.63) is 35.9 Å². The van der Waals surface area contributed by atoms with Gasteiger partial charge in [0.05, 0.1) is 6.42 Å². The Bertz CT molecular complexity index is 1180. The lowest BCUT2D eigenvalue weighted by Crippen LogP contribution is -2.58. The van der Waals surface area contributed by atoms with Crippen molar-refractivity contribution >= 4 is 41.5 Å². The van der Waals surface area contributed by atoms with E-state index in [1.165, 1.54) is 0 Å². The Morgan fingerprint density at radius 3 is 1.78 bits per heavy atom. The second-order valence-electron chi connectivity index (χ2n) is 11.4. The molecule has 0 radical (unpaired) electrons. The van der Waals surface area contributed by atoms with E-state index < -0.39 is 85.0 Å². The Morgan fingerprint density at radius 1 is 0.674 bits per heavy atom. The molecule has 15 nitrogen and oxygen atoms in total. The van der Waals surface area contributed by atoms with Crippen LogP contribution < -0.4 is 27.0 Å². The van der Waals surface area contributed by atoms with Crippen molar-refractivity contribution in [3.8, 4) is 0 Å². The largest absolute Gasteiger partial charge is 0.481 e. The highest BCUT2D eigenvalue weighted by atomic mass is 16.4. The van der Waals surface area contributed by atoms with Crippen molar-refractivity contribution in [1.29, 1.82) is 0 Å². The number of carboxylic acids is 3. The second-order valence-corrected chi connectivity index (χ2v) is 11.4. The summed E-state index contributed by atoms with van der Waals surface area (Å²) in [7, 11) is 0. The number of carbonyl (C=O) groups is 7. The van der Waals surface area contributed by atoms with Crippen LogP contribution in [0.15, 0.2) is 30.3 Å². The molecule has 0 saturated carbocycles. The average Bonchev–Trinajstić information content (AvgIpc) is 2.97. The maximum absolute atomic E-state index is 13.3. The molecule has 0 heterocycles. The van der Waals surface area contributed by atoms with Crippen molar-refractivity contribution in [1.82, 2.24) is 21.3 Å². The molecule has 9 N–H and O–H groups in total. The third-order valence-corrected chi connectivity index (χ3v) is 6.92. The molecule has 15 heteroatoms. The lowest BCUT2D eigenvalue weighted by molar-refractivity contribution is -0.144. The quantitative estimate of drug-likeness (QED) is 0.0760. The van der Waals surface area contributed by atoms with Gasteiger partial charge in [-0.25, -0.2) is 4.79 Å². The van der Waals surface area contributed by atoms with E-state index >= 15 is 0 Å². The minimum atomic E-state index is -1.71. The van der Waals surface area contributed by atoms with Crippen LogP contribution in [0.1, 0.15) is 77.2 Å². The molecule has 0 aliphatic carbocycles. The average molecular weight is 650 g/mol. The van der Waals surface area contributed by atoms with E-state index in [2.05, 4.69) is 21.3 Å². The van der Waals surface area contributed by atoms with Crippen molar-refractivity contribution in [2.24, 2.45) is 11.7 Å². The monoisotopic (exact) mass is 649 g/mol. The molecule has 0 fully saturated rings. The Balaban J connectivity index is 3.05. The molecule has 4 amide bonds. The van der Waals surface area contributed by atoms with Gasteiger partial charge in [0.25, 0.3) is 0 Å². The number of amides is 4. The summed E-state index contributed by atoms with van der Waals surface area (Å²) in [5.41, 5.74) is 6.61. The van der Waals surface area contributed by atoms with E-state index in [1.807, 2.05) is 30.3 Å². The molecule has 0 aromatic heterocycles. The smallest absolute Gasteiger partial charge is 0.326 e. The van der Waals surface area contributed by atoms with Gasteiger partial charge < -0.3 is 42.3 Å². The molecule has 256 valence electrons. The van der Waals surface area contributed by atoms with Crippen molar-refractivity contribution in [2.45, 2.75) is 102 Å². The highest BCUT2D eigenvalue weighted by molar-refractivity contribution is 5.96. The molecule has 46 heavy (non-hydrogen) atoms. The molecule has 1 aromatic carbocycles. The van der Waals surface area contributed by atoms with Gasteiger partial charge in [-0.15, -0.1) is 0 Å². The van der Waals surface area contributed by atoms with Gasteiger partial charge in [0.15, 0.2) is 0 Å².